The molecule has 0 aliphatic carbocycles. The number of carbonyl (C=O) groups is 1. The van der Waals surface area contributed by atoms with E-state index in [2.05, 4.69) is 47.4 Å². The first-order valence-electron chi connectivity index (χ1n) is 8.18. The Kier molecular flexibility index (Phi) is 5.93. The van der Waals surface area contributed by atoms with Gasteiger partial charge in [0.1, 0.15) is 0 Å². The fourth-order valence-electron chi connectivity index (χ4n) is 2.66. The molecule has 2 aromatic heterocycles. The number of carbonyl (C=O) groups excluding carboxylic acids is 1. The van der Waals surface area contributed by atoms with Gasteiger partial charge in [-0.15, -0.1) is 0 Å². The zero-order chi connectivity index (χ0) is 18.7. The van der Waals surface area contributed by atoms with Crippen LogP contribution in [0.4, 0.5) is 0 Å². The molecule has 0 aliphatic heterocycles. The number of halogens is 2. The summed E-state index contributed by atoms with van der Waals surface area (Å²) in [6, 6.07) is 7.63. The average molecular weight is 481 g/mol. The maximum Gasteiger partial charge on any atom is 0.251 e. The summed E-state index contributed by atoms with van der Waals surface area (Å²) in [5.74, 6) is -0.0902. The second kappa shape index (κ2) is 8.18. The van der Waals surface area contributed by atoms with Crippen LogP contribution in [-0.4, -0.2) is 32.0 Å². The lowest BCUT2D eigenvalue weighted by atomic mass is 10.1. The Balaban J connectivity index is 1.62. The summed E-state index contributed by atoms with van der Waals surface area (Å²) in [5, 5.41) is 11.6. The number of aromatic nitrogens is 4. The van der Waals surface area contributed by atoms with Gasteiger partial charge in [0, 0.05) is 18.3 Å². The largest absolute Gasteiger partial charge is 0.350 e. The smallest absolute Gasteiger partial charge is 0.251 e. The summed E-state index contributed by atoms with van der Waals surface area (Å²) >= 11 is 6.90. The zero-order valence-corrected chi connectivity index (χ0v) is 17.7. The second-order valence-corrected chi connectivity index (χ2v) is 7.73. The van der Waals surface area contributed by atoms with E-state index in [9.17, 15) is 4.79 Å². The molecule has 0 atom stereocenters. The van der Waals surface area contributed by atoms with Crippen molar-refractivity contribution in [3.63, 3.8) is 0 Å². The molecule has 1 N–H and O–H groups in total. The predicted molar refractivity (Wildman–Crippen MR) is 107 cm³/mol. The quantitative estimate of drug-likeness (QED) is 0.585. The van der Waals surface area contributed by atoms with Crippen molar-refractivity contribution in [2.24, 2.45) is 0 Å². The maximum atomic E-state index is 12.4. The highest BCUT2D eigenvalue weighted by Crippen LogP contribution is 2.20. The molecule has 0 bridgehead atoms. The molecule has 0 saturated heterocycles. The van der Waals surface area contributed by atoms with Crippen LogP contribution in [0, 0.1) is 13.8 Å². The number of nitrogens with one attached hydrogen (secondary N) is 1. The van der Waals surface area contributed by atoms with Gasteiger partial charge in [-0.3, -0.25) is 14.2 Å². The third kappa shape index (κ3) is 4.42. The Morgan fingerprint density at radius 3 is 2.73 bits per heavy atom. The number of hydrogen-bond acceptors (Lipinski definition) is 3. The first-order chi connectivity index (χ1) is 12.4. The Hall–Kier alpha value is -1.93. The van der Waals surface area contributed by atoms with E-state index in [0.717, 1.165) is 25.9 Å². The lowest BCUT2D eigenvalue weighted by Gasteiger charge is -2.08. The van der Waals surface area contributed by atoms with E-state index >= 15 is 0 Å². The maximum absolute atomic E-state index is 12.4. The van der Waals surface area contributed by atoms with E-state index in [0.29, 0.717) is 25.2 Å². The van der Waals surface area contributed by atoms with Gasteiger partial charge in [-0.2, -0.15) is 10.2 Å². The predicted octanol–water partition coefficient (Wildman–Crippen LogP) is 3.70. The first kappa shape index (κ1) is 18.8. The fourth-order valence-corrected chi connectivity index (χ4v) is 3.27. The highest BCUT2D eigenvalue weighted by atomic mass is 79.9. The van der Waals surface area contributed by atoms with E-state index in [1.807, 2.05) is 49.0 Å². The highest BCUT2D eigenvalue weighted by Gasteiger charge is 2.10. The topological polar surface area (TPSA) is 64.7 Å². The van der Waals surface area contributed by atoms with E-state index in [1.165, 1.54) is 0 Å². The molecule has 0 fully saturated rings. The van der Waals surface area contributed by atoms with Crippen molar-refractivity contribution in [1.29, 1.82) is 0 Å². The summed E-state index contributed by atoms with van der Waals surface area (Å²) in [6.07, 6.45) is 3.60. The Bertz CT molecular complexity index is 932. The Morgan fingerprint density at radius 2 is 2.08 bits per heavy atom. The minimum absolute atomic E-state index is 0.0902. The van der Waals surface area contributed by atoms with Crippen LogP contribution in [0.2, 0.25) is 0 Å². The molecule has 0 radical (unpaired) electrons. The average Bonchev–Trinajstić information content (AvgIpc) is 3.14. The van der Waals surface area contributed by atoms with Crippen LogP contribution >= 0.6 is 31.9 Å². The van der Waals surface area contributed by atoms with Crippen LogP contribution < -0.4 is 5.32 Å². The number of rotatable bonds is 6. The molecule has 3 rings (SSSR count). The van der Waals surface area contributed by atoms with Crippen LogP contribution in [-0.2, 0) is 13.1 Å². The molecule has 0 unspecified atom stereocenters. The molecule has 0 saturated carbocycles. The molecular weight excluding hydrogens is 462 g/mol. The van der Waals surface area contributed by atoms with Crippen molar-refractivity contribution in [2.45, 2.75) is 26.9 Å². The third-order valence-electron chi connectivity index (χ3n) is 4.04. The van der Waals surface area contributed by atoms with Crippen LogP contribution in [0.15, 0.2) is 45.6 Å². The van der Waals surface area contributed by atoms with Crippen LogP contribution in [0.3, 0.4) is 0 Å². The fraction of sp³-hybridized carbons (Fsp3) is 0.278. The molecule has 1 aromatic carbocycles. The van der Waals surface area contributed by atoms with Crippen LogP contribution in [0.25, 0.3) is 0 Å². The molecule has 8 heteroatoms. The van der Waals surface area contributed by atoms with E-state index < -0.39 is 0 Å². The van der Waals surface area contributed by atoms with Gasteiger partial charge in [0.05, 0.1) is 39.6 Å². The molecule has 0 aliphatic rings. The van der Waals surface area contributed by atoms with Gasteiger partial charge < -0.3 is 5.32 Å². The minimum atomic E-state index is -0.0902. The van der Waals surface area contributed by atoms with Crippen molar-refractivity contribution < 1.29 is 4.79 Å². The van der Waals surface area contributed by atoms with E-state index in [1.54, 1.807) is 10.9 Å². The Labute approximate surface area is 168 Å². The van der Waals surface area contributed by atoms with Crippen molar-refractivity contribution >= 4 is 37.8 Å². The Morgan fingerprint density at radius 1 is 1.27 bits per heavy atom. The number of aryl methyl sites for hydroxylation is 1. The number of nitrogens with zero attached hydrogens (tertiary/aromatic N) is 4. The number of amides is 1. The zero-order valence-electron chi connectivity index (χ0n) is 14.5. The summed E-state index contributed by atoms with van der Waals surface area (Å²) in [4.78, 5) is 12.4. The molecule has 0 spiro atoms. The van der Waals surface area contributed by atoms with Crippen molar-refractivity contribution in [1.82, 2.24) is 24.9 Å². The molecule has 136 valence electrons. The summed E-state index contributed by atoms with van der Waals surface area (Å²) in [5.41, 5.74) is 3.71. The monoisotopic (exact) mass is 479 g/mol. The highest BCUT2D eigenvalue weighted by molar-refractivity contribution is 9.10. The van der Waals surface area contributed by atoms with Gasteiger partial charge in [0.25, 0.3) is 5.91 Å². The minimum Gasteiger partial charge on any atom is -0.350 e. The molecule has 6 nitrogen and oxygen atoms in total. The lowest BCUT2D eigenvalue weighted by Crippen LogP contribution is -2.27. The van der Waals surface area contributed by atoms with Gasteiger partial charge >= 0.3 is 0 Å². The second-order valence-electron chi connectivity index (χ2n) is 6.02. The molecule has 3 aromatic rings. The van der Waals surface area contributed by atoms with Gasteiger partial charge in [-0.05, 0) is 63.4 Å². The van der Waals surface area contributed by atoms with Gasteiger partial charge in [0.2, 0.25) is 0 Å². The van der Waals surface area contributed by atoms with Gasteiger partial charge in [0.15, 0.2) is 0 Å². The van der Waals surface area contributed by atoms with Crippen LogP contribution in [0.5, 0.6) is 0 Å². The number of hydrogen-bond donors (Lipinski definition) is 1. The third-order valence-corrected chi connectivity index (χ3v) is 5.60. The lowest BCUT2D eigenvalue weighted by molar-refractivity contribution is 0.0952. The molecule has 1 amide bonds. The SMILES string of the molecule is Cc1nn(Cc2cccc(C(=O)NCCn3cc(Br)cn3)c2)c(C)c1Br. The van der Waals surface area contributed by atoms with E-state index in [-0.39, 0.29) is 5.91 Å². The van der Waals surface area contributed by atoms with Crippen molar-refractivity contribution in [3.8, 4) is 0 Å². The summed E-state index contributed by atoms with van der Waals surface area (Å²) in [6.45, 7) is 5.75. The summed E-state index contributed by atoms with van der Waals surface area (Å²) < 4.78 is 5.66. The van der Waals surface area contributed by atoms with Gasteiger partial charge in [-0.25, -0.2) is 0 Å². The van der Waals surface area contributed by atoms with E-state index in [4.69, 9.17) is 0 Å². The standard InChI is InChI=1S/C18H19Br2N5O/c1-12-17(20)13(2)25(23-12)10-14-4-3-5-15(8-14)18(26)21-6-7-24-11-16(19)9-22-24/h3-5,8-9,11H,6-7,10H2,1-2H3,(H,21,26). The molecular formula is C18H19Br2N5O. The van der Waals surface area contributed by atoms with Crippen molar-refractivity contribution in [2.75, 3.05) is 6.54 Å². The number of benzene rings is 1. The normalized spacial score (nSPS) is 10.9. The molecule has 26 heavy (non-hydrogen) atoms. The summed E-state index contributed by atoms with van der Waals surface area (Å²) in [7, 11) is 0. The van der Waals surface area contributed by atoms with Crippen molar-refractivity contribution in [3.05, 3.63) is 68.1 Å². The molecule has 2 heterocycles. The first-order valence-corrected chi connectivity index (χ1v) is 9.77. The van der Waals surface area contributed by atoms with Crippen LogP contribution in [0.1, 0.15) is 27.3 Å². The van der Waals surface area contributed by atoms with Gasteiger partial charge in [-0.1, -0.05) is 12.1 Å².